The number of Topliss-reactive ketones (excluding diaryl/α,β-unsaturated/α-hetero) is 1. The molecule has 0 radical (unpaired) electrons. The number of benzene rings is 1. The number of carbonyl (C=O) groups is 1. The molecule has 9 heteroatoms. The minimum atomic E-state index is -0.202. The van der Waals surface area contributed by atoms with Crippen LogP contribution in [0.1, 0.15) is 48.1 Å². The maximum atomic E-state index is 12.9. The first-order valence-electron chi connectivity index (χ1n) is 12.6. The summed E-state index contributed by atoms with van der Waals surface area (Å²) in [4.78, 5) is 22.0. The van der Waals surface area contributed by atoms with Gasteiger partial charge in [-0.25, -0.2) is 4.68 Å². The Morgan fingerprint density at radius 1 is 1.05 bits per heavy atom. The van der Waals surface area contributed by atoms with E-state index >= 15 is 0 Å². The number of rotatable bonds is 6. The van der Waals surface area contributed by atoms with Crippen LogP contribution in [0.2, 0.25) is 0 Å². The van der Waals surface area contributed by atoms with Gasteiger partial charge in [-0.1, -0.05) is 43.3 Å². The summed E-state index contributed by atoms with van der Waals surface area (Å²) >= 11 is 0. The van der Waals surface area contributed by atoms with Crippen molar-refractivity contribution in [3.63, 3.8) is 0 Å². The van der Waals surface area contributed by atoms with Crippen LogP contribution in [0.15, 0.2) is 53.4 Å². The van der Waals surface area contributed by atoms with Gasteiger partial charge in [0.05, 0.1) is 23.8 Å². The summed E-state index contributed by atoms with van der Waals surface area (Å²) < 4.78 is 7.15. The number of hydrogen-bond donors (Lipinski definition) is 0. The average molecular weight is 500 g/mol. The number of nitrogens with zero attached hydrogens (tertiary/aromatic N) is 7. The Labute approximate surface area is 217 Å². The fraction of sp³-hybridized carbons (Fsp3) is 0.393. The first kappa shape index (κ1) is 24.8. The molecule has 3 aromatic heterocycles. The largest absolute Gasteiger partial charge is 0.368 e. The number of likely N-dealkylation sites (N-methyl/N-ethyl adjacent to an activating group) is 1. The Morgan fingerprint density at radius 3 is 2.57 bits per heavy atom. The summed E-state index contributed by atoms with van der Waals surface area (Å²) in [5, 5.41) is 12.8. The van der Waals surface area contributed by atoms with Gasteiger partial charge in [-0.3, -0.25) is 9.78 Å². The molecule has 4 heterocycles. The van der Waals surface area contributed by atoms with Crippen LogP contribution in [-0.2, 0) is 11.8 Å². The molecule has 1 fully saturated rings. The van der Waals surface area contributed by atoms with E-state index < -0.39 is 0 Å². The summed E-state index contributed by atoms with van der Waals surface area (Å²) in [5.74, 6) is 0.613. The van der Waals surface area contributed by atoms with Crippen LogP contribution in [0.4, 0.5) is 5.69 Å². The van der Waals surface area contributed by atoms with Crippen molar-refractivity contribution in [3.8, 4) is 16.9 Å². The zero-order valence-corrected chi connectivity index (χ0v) is 22.1. The molecule has 0 atom stereocenters. The lowest BCUT2D eigenvalue weighted by molar-refractivity contribution is 0.0984. The Balaban J connectivity index is 1.35. The predicted octanol–water partition coefficient (Wildman–Crippen LogP) is 4.10. The lowest BCUT2D eigenvalue weighted by Crippen LogP contribution is -2.44. The third-order valence-corrected chi connectivity index (χ3v) is 6.80. The van der Waals surface area contributed by atoms with E-state index in [1.165, 1.54) is 0 Å². The second-order valence-electron chi connectivity index (χ2n) is 10.8. The molecular formula is C28H33N7O2. The molecule has 1 saturated heterocycles. The van der Waals surface area contributed by atoms with Gasteiger partial charge >= 0.3 is 0 Å². The van der Waals surface area contributed by atoms with Crippen molar-refractivity contribution < 1.29 is 9.32 Å². The normalized spacial score (nSPS) is 14.8. The summed E-state index contributed by atoms with van der Waals surface area (Å²) in [7, 11) is 2.15. The van der Waals surface area contributed by atoms with E-state index in [9.17, 15) is 4.79 Å². The summed E-state index contributed by atoms with van der Waals surface area (Å²) in [6, 6.07) is 9.81. The Kier molecular flexibility index (Phi) is 6.64. The van der Waals surface area contributed by atoms with Gasteiger partial charge < -0.3 is 14.3 Å². The van der Waals surface area contributed by atoms with E-state index in [1.54, 1.807) is 10.7 Å². The maximum absolute atomic E-state index is 12.9. The lowest BCUT2D eigenvalue weighted by atomic mass is 9.93. The van der Waals surface area contributed by atoms with Crippen LogP contribution in [0.5, 0.6) is 0 Å². The topological polar surface area (TPSA) is 93.2 Å². The summed E-state index contributed by atoms with van der Waals surface area (Å²) in [6.45, 7) is 12.1. The van der Waals surface area contributed by atoms with E-state index in [4.69, 9.17) is 4.52 Å². The zero-order valence-electron chi connectivity index (χ0n) is 22.1. The van der Waals surface area contributed by atoms with Gasteiger partial charge in [-0.05, 0) is 37.2 Å². The molecular weight excluding hydrogens is 466 g/mol. The second-order valence-corrected chi connectivity index (χ2v) is 10.8. The molecule has 0 spiro atoms. The predicted molar refractivity (Wildman–Crippen MR) is 142 cm³/mol. The Bertz CT molecular complexity index is 1410. The van der Waals surface area contributed by atoms with Gasteiger partial charge in [0, 0.05) is 55.8 Å². The van der Waals surface area contributed by atoms with E-state index in [-0.39, 0.29) is 17.6 Å². The van der Waals surface area contributed by atoms with Crippen LogP contribution >= 0.6 is 0 Å². The summed E-state index contributed by atoms with van der Waals surface area (Å²) in [5.41, 5.74) is 5.71. The fourth-order valence-corrected chi connectivity index (χ4v) is 4.37. The molecule has 0 N–H and O–H groups in total. The van der Waals surface area contributed by atoms with Crippen LogP contribution in [-0.4, -0.2) is 69.0 Å². The first-order valence-corrected chi connectivity index (χ1v) is 12.6. The summed E-state index contributed by atoms with van der Waals surface area (Å²) in [6.07, 6.45) is 5.86. The Morgan fingerprint density at radius 2 is 1.84 bits per heavy atom. The average Bonchev–Trinajstić information content (AvgIpc) is 3.56. The zero-order chi connectivity index (χ0) is 26.2. The smallest absolute Gasteiger partial charge is 0.189 e. The Hall–Kier alpha value is -3.85. The molecule has 1 aromatic carbocycles. The maximum Gasteiger partial charge on any atom is 0.189 e. The molecule has 0 saturated carbocycles. The molecule has 0 bridgehead atoms. The van der Waals surface area contributed by atoms with Crippen molar-refractivity contribution in [2.45, 2.75) is 39.5 Å². The number of ketones is 1. The van der Waals surface area contributed by atoms with Crippen molar-refractivity contribution in [1.29, 1.82) is 0 Å². The van der Waals surface area contributed by atoms with E-state index in [1.807, 2.05) is 64.5 Å². The number of aromatic nitrogens is 5. The molecule has 0 unspecified atom stereocenters. The van der Waals surface area contributed by atoms with Crippen molar-refractivity contribution in [2.75, 3.05) is 38.1 Å². The van der Waals surface area contributed by atoms with E-state index in [0.29, 0.717) is 11.5 Å². The third kappa shape index (κ3) is 5.46. The van der Waals surface area contributed by atoms with Gasteiger partial charge in [0.1, 0.15) is 17.1 Å². The highest BCUT2D eigenvalue weighted by atomic mass is 16.5. The third-order valence-electron chi connectivity index (χ3n) is 6.80. The van der Waals surface area contributed by atoms with E-state index in [0.717, 1.165) is 59.9 Å². The fourth-order valence-electron chi connectivity index (χ4n) is 4.37. The van der Waals surface area contributed by atoms with Crippen molar-refractivity contribution in [1.82, 2.24) is 30.0 Å². The minimum absolute atomic E-state index is 0.0832. The van der Waals surface area contributed by atoms with Crippen molar-refractivity contribution in [3.05, 3.63) is 71.5 Å². The standard InChI is InChI=1S/C28H33N7O2/c1-19-6-7-20(13-26(36)23-15-27(37-31-23)28(2,3)4)12-25(19)35-18-24(30-32-35)21-14-22(17-29-16-21)34-10-8-33(5)9-11-34/h6-7,12,14-18H,8-11,13H2,1-5H3. The molecule has 0 amide bonds. The van der Waals surface area contributed by atoms with Gasteiger partial charge in [-0.15, -0.1) is 5.10 Å². The molecule has 192 valence electrons. The molecule has 4 aromatic rings. The highest BCUT2D eigenvalue weighted by Crippen LogP contribution is 2.26. The number of anilines is 1. The van der Waals surface area contributed by atoms with Gasteiger partial charge in [0.25, 0.3) is 0 Å². The van der Waals surface area contributed by atoms with Gasteiger partial charge in [-0.2, -0.15) is 0 Å². The minimum Gasteiger partial charge on any atom is -0.368 e. The second kappa shape index (κ2) is 9.89. The van der Waals surface area contributed by atoms with Crippen molar-refractivity contribution in [2.24, 2.45) is 0 Å². The number of piperazine rings is 1. The monoisotopic (exact) mass is 499 g/mol. The number of pyridine rings is 1. The van der Waals surface area contributed by atoms with Crippen LogP contribution in [0.3, 0.4) is 0 Å². The molecule has 9 nitrogen and oxygen atoms in total. The highest BCUT2D eigenvalue weighted by Gasteiger charge is 2.22. The highest BCUT2D eigenvalue weighted by molar-refractivity contribution is 5.95. The first-order chi connectivity index (χ1) is 17.7. The van der Waals surface area contributed by atoms with E-state index in [2.05, 4.69) is 43.4 Å². The molecule has 37 heavy (non-hydrogen) atoms. The molecule has 1 aliphatic heterocycles. The number of carbonyl (C=O) groups excluding carboxylic acids is 1. The number of aryl methyl sites for hydroxylation is 1. The van der Waals surface area contributed by atoms with Gasteiger partial charge in [0.15, 0.2) is 5.78 Å². The molecule has 5 rings (SSSR count). The lowest BCUT2D eigenvalue weighted by Gasteiger charge is -2.33. The SMILES string of the molecule is Cc1ccc(CC(=O)c2cc(C(C)(C)C)on2)cc1-n1cc(-c2cncc(N3CCN(C)CC3)c2)nn1. The molecule has 1 aliphatic rings. The van der Waals surface area contributed by atoms with Crippen LogP contribution in [0, 0.1) is 6.92 Å². The van der Waals surface area contributed by atoms with Gasteiger partial charge in [0.2, 0.25) is 0 Å². The number of hydrogen-bond acceptors (Lipinski definition) is 8. The van der Waals surface area contributed by atoms with Crippen LogP contribution in [0.25, 0.3) is 16.9 Å². The quantitative estimate of drug-likeness (QED) is 0.366. The van der Waals surface area contributed by atoms with Crippen LogP contribution < -0.4 is 4.90 Å². The molecule has 0 aliphatic carbocycles. The van der Waals surface area contributed by atoms with Crippen molar-refractivity contribution >= 4 is 11.5 Å².